The number of amides is 1. The normalized spacial score (nSPS) is 10.8. The fourth-order valence-corrected chi connectivity index (χ4v) is 3.98. The van der Waals surface area contributed by atoms with Gasteiger partial charge in [-0.25, -0.2) is 9.66 Å². The molecule has 0 saturated heterocycles. The number of hydrogen-bond donors (Lipinski definition) is 1. The minimum Gasteiger partial charge on any atom is -0.482 e. The van der Waals surface area contributed by atoms with Crippen LogP contribution in [-0.4, -0.2) is 22.2 Å². The number of thiophene rings is 1. The third kappa shape index (κ3) is 4.12. The standard InChI is InChI=1S/C20H13Cl2N3O3S/c21-13-6-7-15(22)16(8-13)28-9-17(26)24-25-11-23-19-18(20(25)27)14(10-29-19)12-4-2-1-3-5-12/h1-8,10-11H,9H2,(H,24,26). The molecule has 9 heteroatoms. The van der Waals surface area contributed by atoms with E-state index in [-0.39, 0.29) is 17.9 Å². The molecule has 0 unspecified atom stereocenters. The third-order valence-electron chi connectivity index (χ3n) is 4.08. The van der Waals surface area contributed by atoms with Crippen molar-refractivity contribution in [1.29, 1.82) is 0 Å². The Morgan fingerprint density at radius 2 is 1.97 bits per heavy atom. The first-order valence-corrected chi connectivity index (χ1v) is 10.1. The van der Waals surface area contributed by atoms with Crippen LogP contribution in [0.4, 0.5) is 0 Å². The average Bonchev–Trinajstić information content (AvgIpc) is 3.16. The molecule has 4 rings (SSSR count). The van der Waals surface area contributed by atoms with Crippen LogP contribution >= 0.6 is 34.5 Å². The lowest BCUT2D eigenvalue weighted by atomic mass is 10.1. The van der Waals surface area contributed by atoms with Gasteiger partial charge in [0.25, 0.3) is 11.5 Å². The van der Waals surface area contributed by atoms with Crippen molar-refractivity contribution in [3.05, 3.63) is 80.6 Å². The molecule has 4 aromatic rings. The van der Waals surface area contributed by atoms with Crippen molar-refractivity contribution in [2.75, 3.05) is 12.0 Å². The number of carbonyl (C=O) groups excluding carboxylic acids is 1. The topological polar surface area (TPSA) is 73.2 Å². The summed E-state index contributed by atoms with van der Waals surface area (Å²) >= 11 is 13.3. The molecule has 2 aromatic heterocycles. The molecular weight excluding hydrogens is 433 g/mol. The van der Waals surface area contributed by atoms with Gasteiger partial charge in [-0.05, 0) is 17.7 Å². The van der Waals surface area contributed by atoms with Crippen molar-refractivity contribution in [1.82, 2.24) is 9.66 Å². The second-order valence-electron chi connectivity index (χ2n) is 6.01. The molecule has 1 N–H and O–H groups in total. The molecule has 0 atom stereocenters. The molecule has 0 saturated carbocycles. The van der Waals surface area contributed by atoms with Gasteiger partial charge in [0.2, 0.25) is 0 Å². The van der Waals surface area contributed by atoms with Crippen LogP contribution in [0.1, 0.15) is 0 Å². The smallest absolute Gasteiger partial charge is 0.281 e. The fraction of sp³-hybridized carbons (Fsp3) is 0.0500. The minimum atomic E-state index is -0.541. The van der Waals surface area contributed by atoms with E-state index in [0.717, 1.165) is 15.8 Å². The van der Waals surface area contributed by atoms with Gasteiger partial charge in [0.1, 0.15) is 16.9 Å². The van der Waals surface area contributed by atoms with E-state index in [4.69, 9.17) is 27.9 Å². The molecule has 0 aliphatic heterocycles. The van der Waals surface area contributed by atoms with Gasteiger partial charge in [-0.3, -0.25) is 15.0 Å². The molecule has 29 heavy (non-hydrogen) atoms. The van der Waals surface area contributed by atoms with Crippen molar-refractivity contribution in [2.45, 2.75) is 0 Å². The Labute approximate surface area is 179 Å². The molecule has 2 heterocycles. The lowest BCUT2D eigenvalue weighted by Crippen LogP contribution is -2.35. The molecule has 6 nitrogen and oxygen atoms in total. The number of fused-ring (bicyclic) bond motifs is 1. The summed E-state index contributed by atoms with van der Waals surface area (Å²) in [6, 6.07) is 14.2. The number of nitrogens with zero attached hydrogens (tertiary/aromatic N) is 2. The monoisotopic (exact) mass is 445 g/mol. The largest absolute Gasteiger partial charge is 0.482 e. The van der Waals surface area contributed by atoms with Crippen molar-refractivity contribution in [3.8, 4) is 16.9 Å². The Balaban J connectivity index is 1.56. The molecular formula is C20H13Cl2N3O3S. The molecule has 0 aliphatic carbocycles. The van der Waals surface area contributed by atoms with E-state index in [0.29, 0.717) is 20.3 Å². The predicted octanol–water partition coefficient (Wildman–Crippen LogP) is 4.58. The summed E-state index contributed by atoms with van der Waals surface area (Å²) in [5, 5.41) is 3.09. The maximum absolute atomic E-state index is 12.9. The van der Waals surface area contributed by atoms with Gasteiger partial charge >= 0.3 is 0 Å². The zero-order chi connectivity index (χ0) is 20.4. The second kappa shape index (κ2) is 8.24. The van der Waals surface area contributed by atoms with Gasteiger partial charge in [0.15, 0.2) is 6.61 Å². The van der Waals surface area contributed by atoms with Crippen LogP contribution in [0, 0.1) is 0 Å². The first-order chi connectivity index (χ1) is 14.0. The summed E-state index contributed by atoms with van der Waals surface area (Å²) in [5.74, 6) is -0.264. The first kappa shape index (κ1) is 19.4. The van der Waals surface area contributed by atoms with E-state index in [2.05, 4.69) is 10.4 Å². The molecule has 146 valence electrons. The van der Waals surface area contributed by atoms with Crippen LogP contribution in [0.2, 0.25) is 10.0 Å². The fourth-order valence-electron chi connectivity index (χ4n) is 2.74. The summed E-state index contributed by atoms with van der Waals surface area (Å²) in [5.41, 5.74) is 3.79. The van der Waals surface area contributed by atoms with Crippen LogP contribution in [0.5, 0.6) is 5.75 Å². The zero-order valence-electron chi connectivity index (χ0n) is 14.8. The van der Waals surface area contributed by atoms with E-state index < -0.39 is 5.91 Å². The van der Waals surface area contributed by atoms with E-state index in [9.17, 15) is 9.59 Å². The van der Waals surface area contributed by atoms with Crippen LogP contribution < -0.4 is 15.7 Å². The van der Waals surface area contributed by atoms with Gasteiger partial charge in [-0.2, -0.15) is 0 Å². The minimum absolute atomic E-state index is 0.277. The number of benzene rings is 2. The maximum atomic E-state index is 12.9. The molecule has 1 amide bonds. The molecule has 0 spiro atoms. The van der Waals surface area contributed by atoms with E-state index in [1.165, 1.54) is 23.7 Å². The first-order valence-electron chi connectivity index (χ1n) is 8.45. The van der Waals surface area contributed by atoms with Gasteiger partial charge < -0.3 is 4.74 Å². The number of ether oxygens (including phenoxy) is 1. The van der Waals surface area contributed by atoms with E-state index >= 15 is 0 Å². The molecule has 0 aliphatic rings. The summed E-state index contributed by atoms with van der Waals surface area (Å²) in [6.07, 6.45) is 1.28. The number of carbonyl (C=O) groups is 1. The highest BCUT2D eigenvalue weighted by Crippen LogP contribution is 2.30. The zero-order valence-corrected chi connectivity index (χ0v) is 17.1. The third-order valence-corrected chi connectivity index (χ3v) is 5.51. The van der Waals surface area contributed by atoms with E-state index in [1.54, 1.807) is 12.1 Å². The van der Waals surface area contributed by atoms with Gasteiger partial charge in [-0.15, -0.1) is 11.3 Å². The molecule has 2 aromatic carbocycles. The van der Waals surface area contributed by atoms with Crippen molar-refractivity contribution in [3.63, 3.8) is 0 Å². The summed E-state index contributed by atoms with van der Waals surface area (Å²) < 4.78 is 6.44. The highest BCUT2D eigenvalue weighted by atomic mass is 35.5. The van der Waals surface area contributed by atoms with Crippen LogP contribution in [0.3, 0.4) is 0 Å². The lowest BCUT2D eigenvalue weighted by molar-refractivity contribution is -0.119. The molecule has 0 bridgehead atoms. The molecule has 0 fully saturated rings. The van der Waals surface area contributed by atoms with E-state index in [1.807, 2.05) is 35.7 Å². The van der Waals surface area contributed by atoms with Crippen LogP contribution in [0.15, 0.2) is 65.0 Å². The highest BCUT2D eigenvalue weighted by Gasteiger charge is 2.15. The summed E-state index contributed by atoms with van der Waals surface area (Å²) in [7, 11) is 0. The Kier molecular flexibility index (Phi) is 5.53. The summed E-state index contributed by atoms with van der Waals surface area (Å²) in [4.78, 5) is 30.1. The highest BCUT2D eigenvalue weighted by molar-refractivity contribution is 7.17. The number of aromatic nitrogens is 2. The number of rotatable bonds is 5. The lowest BCUT2D eigenvalue weighted by Gasteiger charge is -2.10. The second-order valence-corrected chi connectivity index (χ2v) is 7.72. The Morgan fingerprint density at radius 1 is 1.17 bits per heavy atom. The van der Waals surface area contributed by atoms with Crippen molar-refractivity contribution >= 4 is 50.7 Å². The molecule has 0 radical (unpaired) electrons. The number of halogens is 2. The Morgan fingerprint density at radius 3 is 2.76 bits per heavy atom. The van der Waals surface area contributed by atoms with Crippen molar-refractivity contribution < 1.29 is 9.53 Å². The SMILES string of the molecule is O=C(COc1cc(Cl)ccc1Cl)Nn1cnc2scc(-c3ccccc3)c2c1=O. The Bertz CT molecular complexity index is 1260. The average molecular weight is 446 g/mol. The maximum Gasteiger partial charge on any atom is 0.281 e. The van der Waals surface area contributed by atoms with Crippen LogP contribution in [0.25, 0.3) is 21.3 Å². The quantitative estimate of drug-likeness (QED) is 0.487. The number of nitrogens with one attached hydrogen (secondary N) is 1. The van der Waals surface area contributed by atoms with Crippen molar-refractivity contribution in [2.24, 2.45) is 0 Å². The number of hydrogen-bond acceptors (Lipinski definition) is 5. The van der Waals surface area contributed by atoms with Gasteiger partial charge in [0.05, 0.1) is 10.4 Å². The predicted molar refractivity (Wildman–Crippen MR) is 116 cm³/mol. The summed E-state index contributed by atoms with van der Waals surface area (Å²) in [6.45, 7) is -0.348. The Hall–Kier alpha value is -2.87. The van der Waals surface area contributed by atoms with Gasteiger partial charge in [0, 0.05) is 22.0 Å². The van der Waals surface area contributed by atoms with Gasteiger partial charge in [-0.1, -0.05) is 53.5 Å². The van der Waals surface area contributed by atoms with Crippen LogP contribution in [-0.2, 0) is 4.79 Å².